The zero-order valence-corrected chi connectivity index (χ0v) is 10.4. The Balaban J connectivity index is 1.96. The number of nitrogens with one attached hydrogen (secondary N) is 1. The van der Waals surface area contributed by atoms with E-state index in [2.05, 4.69) is 5.32 Å². The molecule has 2 heterocycles. The number of carbonyl (C=O) groups is 1. The van der Waals surface area contributed by atoms with Crippen molar-refractivity contribution in [1.82, 2.24) is 5.32 Å². The fraction of sp³-hybridized carbons (Fsp3) is 0.727. The van der Waals surface area contributed by atoms with Gasteiger partial charge in [-0.3, -0.25) is 4.79 Å². The third kappa shape index (κ3) is 2.75. The van der Waals surface area contributed by atoms with Crippen molar-refractivity contribution < 1.29 is 19.7 Å². The van der Waals surface area contributed by atoms with Crippen LogP contribution in [0.2, 0.25) is 0 Å². The molecule has 0 amide bonds. The smallest absolute Gasteiger partial charge is 0.312 e. The van der Waals surface area contributed by atoms with Crippen LogP contribution in [0.5, 0.6) is 0 Å². The van der Waals surface area contributed by atoms with Gasteiger partial charge >= 0.3 is 5.97 Å². The summed E-state index contributed by atoms with van der Waals surface area (Å²) in [4.78, 5) is 12.1. The average molecular weight is 259 g/mol. The summed E-state index contributed by atoms with van der Waals surface area (Å²) in [6, 6.07) is 0. The molecule has 2 aliphatic rings. The summed E-state index contributed by atoms with van der Waals surface area (Å²) in [6.07, 6.45) is 3.07. The van der Waals surface area contributed by atoms with Crippen molar-refractivity contribution in [2.24, 2.45) is 5.92 Å². The predicted molar refractivity (Wildman–Crippen MR) is 64.4 cm³/mol. The van der Waals surface area contributed by atoms with Crippen molar-refractivity contribution >= 4 is 17.7 Å². The van der Waals surface area contributed by atoms with Gasteiger partial charge in [0, 0.05) is 17.7 Å². The molecule has 0 aromatic heterocycles. The van der Waals surface area contributed by atoms with E-state index in [-0.39, 0.29) is 11.5 Å². The van der Waals surface area contributed by atoms with Crippen LogP contribution in [-0.4, -0.2) is 40.4 Å². The fourth-order valence-corrected chi connectivity index (χ4v) is 3.51. The molecule has 4 atom stereocenters. The Labute approximate surface area is 104 Å². The van der Waals surface area contributed by atoms with E-state index in [9.17, 15) is 9.90 Å². The topological polar surface area (TPSA) is 78.8 Å². The van der Waals surface area contributed by atoms with Crippen LogP contribution in [0, 0.1) is 5.92 Å². The van der Waals surface area contributed by atoms with Gasteiger partial charge in [0.2, 0.25) is 0 Å². The number of aliphatic hydroxyl groups excluding tert-OH is 1. The van der Waals surface area contributed by atoms with Crippen LogP contribution < -0.4 is 5.32 Å². The van der Waals surface area contributed by atoms with Crippen LogP contribution in [0.1, 0.15) is 19.8 Å². The van der Waals surface area contributed by atoms with Crippen molar-refractivity contribution in [2.75, 3.05) is 6.61 Å². The third-order valence-electron chi connectivity index (χ3n) is 3.03. The maximum Gasteiger partial charge on any atom is 0.312 e. The second kappa shape index (κ2) is 5.29. The highest BCUT2D eigenvalue weighted by Crippen LogP contribution is 2.37. The molecule has 0 bridgehead atoms. The van der Waals surface area contributed by atoms with Gasteiger partial charge in [-0.25, -0.2) is 0 Å². The van der Waals surface area contributed by atoms with Gasteiger partial charge < -0.3 is 20.3 Å². The molecule has 0 unspecified atom stereocenters. The van der Waals surface area contributed by atoms with E-state index < -0.39 is 18.0 Å². The second-order valence-corrected chi connectivity index (χ2v) is 5.57. The molecule has 0 aromatic rings. The molecule has 2 rings (SSSR count). The maximum absolute atomic E-state index is 11.1. The Hall–Kier alpha value is -0.720. The first-order valence-corrected chi connectivity index (χ1v) is 6.63. The number of aliphatic carboxylic acids is 1. The lowest BCUT2D eigenvalue weighted by atomic mass is 10.0. The number of thioether (sulfide) groups is 1. The second-order valence-electron chi connectivity index (χ2n) is 4.36. The molecule has 0 radical (unpaired) electrons. The van der Waals surface area contributed by atoms with Crippen LogP contribution in [-0.2, 0) is 9.53 Å². The summed E-state index contributed by atoms with van der Waals surface area (Å²) in [5.41, 5.74) is 0. The minimum absolute atomic E-state index is 0.0981. The first kappa shape index (κ1) is 12.7. The Morgan fingerprint density at radius 2 is 2.47 bits per heavy atom. The highest BCUT2D eigenvalue weighted by atomic mass is 32.2. The lowest BCUT2D eigenvalue weighted by Crippen LogP contribution is -2.39. The quantitative estimate of drug-likeness (QED) is 0.691. The van der Waals surface area contributed by atoms with Gasteiger partial charge in [0.25, 0.3) is 0 Å². The summed E-state index contributed by atoms with van der Waals surface area (Å²) in [7, 11) is 0. The van der Waals surface area contributed by atoms with E-state index in [0.29, 0.717) is 0 Å². The molecule has 1 fully saturated rings. The molecular formula is C11H17NO4S. The van der Waals surface area contributed by atoms with Gasteiger partial charge in [0.15, 0.2) is 0 Å². The highest BCUT2D eigenvalue weighted by Gasteiger charge is 2.37. The molecule has 0 saturated carbocycles. The van der Waals surface area contributed by atoms with E-state index in [4.69, 9.17) is 9.84 Å². The van der Waals surface area contributed by atoms with Crippen molar-refractivity contribution in [3.05, 3.63) is 11.1 Å². The largest absolute Gasteiger partial charge is 0.481 e. The monoisotopic (exact) mass is 259 g/mol. The fourth-order valence-electron chi connectivity index (χ4n) is 2.12. The average Bonchev–Trinajstić information content (AvgIpc) is 2.83. The van der Waals surface area contributed by atoms with Gasteiger partial charge in [-0.05, 0) is 19.8 Å². The molecular weight excluding hydrogens is 242 g/mol. The van der Waals surface area contributed by atoms with Crippen LogP contribution in [0.4, 0.5) is 0 Å². The Morgan fingerprint density at radius 1 is 1.71 bits per heavy atom. The van der Waals surface area contributed by atoms with E-state index in [1.54, 1.807) is 0 Å². The highest BCUT2D eigenvalue weighted by molar-refractivity contribution is 8.04. The Kier molecular flexibility index (Phi) is 3.96. The molecule has 0 spiro atoms. The number of rotatable bonds is 4. The van der Waals surface area contributed by atoms with Gasteiger partial charge in [-0.2, -0.15) is 0 Å². The summed E-state index contributed by atoms with van der Waals surface area (Å²) in [6.45, 7) is 2.27. The predicted octanol–water partition coefficient (Wildman–Crippen LogP) is 0.751. The lowest BCUT2D eigenvalue weighted by molar-refractivity contribution is -0.145. The molecule has 17 heavy (non-hydrogen) atoms. The van der Waals surface area contributed by atoms with Gasteiger partial charge in [-0.15, -0.1) is 11.8 Å². The normalized spacial score (nSPS) is 31.8. The SMILES string of the molecule is C[C@@H](O)[C@@H](C(=O)O)[C@@H]1NC=C([C@H]2CCCO2)S1. The zero-order chi connectivity index (χ0) is 12.4. The summed E-state index contributed by atoms with van der Waals surface area (Å²) in [5.74, 6) is -1.79. The summed E-state index contributed by atoms with van der Waals surface area (Å²) >= 11 is 1.46. The van der Waals surface area contributed by atoms with Crippen LogP contribution in [0.3, 0.4) is 0 Å². The number of hydrogen-bond acceptors (Lipinski definition) is 5. The zero-order valence-electron chi connectivity index (χ0n) is 9.63. The third-order valence-corrected chi connectivity index (χ3v) is 4.37. The standard InChI is InChI=1S/C11H17NO4S/c1-6(13)9(11(14)15)10-12-5-8(17-10)7-3-2-4-16-7/h5-7,9-10,12-13H,2-4H2,1H3,(H,14,15)/t6-,7-,9-,10-/m1/s1. The summed E-state index contributed by atoms with van der Waals surface area (Å²) < 4.78 is 5.55. The van der Waals surface area contributed by atoms with Crippen molar-refractivity contribution in [3.8, 4) is 0 Å². The number of hydrogen-bond donors (Lipinski definition) is 3. The Bertz CT molecular complexity index is 325. The van der Waals surface area contributed by atoms with E-state index in [1.165, 1.54) is 18.7 Å². The van der Waals surface area contributed by atoms with Gasteiger partial charge in [0.1, 0.15) is 5.92 Å². The van der Waals surface area contributed by atoms with Crippen molar-refractivity contribution in [2.45, 2.75) is 37.3 Å². The van der Waals surface area contributed by atoms with Gasteiger partial charge in [0.05, 0.1) is 17.6 Å². The number of carboxylic acid groups (broad SMARTS) is 1. The van der Waals surface area contributed by atoms with Crippen LogP contribution in [0.15, 0.2) is 11.1 Å². The Morgan fingerprint density at radius 3 is 3.00 bits per heavy atom. The molecule has 3 N–H and O–H groups in total. The lowest BCUT2D eigenvalue weighted by Gasteiger charge is -2.22. The maximum atomic E-state index is 11.1. The minimum atomic E-state index is -0.980. The number of aliphatic hydroxyl groups is 1. The van der Waals surface area contributed by atoms with E-state index >= 15 is 0 Å². The number of ether oxygens (including phenoxy) is 1. The van der Waals surface area contributed by atoms with Crippen molar-refractivity contribution in [1.29, 1.82) is 0 Å². The molecule has 96 valence electrons. The number of carboxylic acids is 1. The molecule has 5 nitrogen and oxygen atoms in total. The molecule has 6 heteroatoms. The van der Waals surface area contributed by atoms with Crippen LogP contribution in [0.25, 0.3) is 0 Å². The summed E-state index contributed by atoms with van der Waals surface area (Å²) in [5, 5.41) is 21.3. The molecule has 2 aliphatic heterocycles. The molecule has 0 aliphatic carbocycles. The van der Waals surface area contributed by atoms with Crippen molar-refractivity contribution in [3.63, 3.8) is 0 Å². The van der Waals surface area contributed by atoms with E-state index in [1.807, 2.05) is 6.20 Å². The minimum Gasteiger partial charge on any atom is -0.481 e. The molecule has 0 aromatic carbocycles. The first-order chi connectivity index (χ1) is 8.09. The molecule has 1 saturated heterocycles. The van der Waals surface area contributed by atoms with Gasteiger partial charge in [-0.1, -0.05) is 0 Å². The van der Waals surface area contributed by atoms with Crippen LogP contribution >= 0.6 is 11.8 Å². The van der Waals surface area contributed by atoms with E-state index in [0.717, 1.165) is 24.4 Å². The first-order valence-electron chi connectivity index (χ1n) is 5.75.